The lowest BCUT2D eigenvalue weighted by molar-refractivity contribution is 0.307. The van der Waals surface area contributed by atoms with Crippen LogP contribution in [0.5, 0.6) is 5.75 Å². The van der Waals surface area contributed by atoms with Crippen LogP contribution in [0, 0.1) is 0 Å². The van der Waals surface area contributed by atoms with E-state index in [1.165, 1.54) is 11.1 Å². The first kappa shape index (κ1) is 13.2. The fraction of sp³-hybridized carbons (Fsp3) is 0.0556. The lowest BCUT2D eigenvalue weighted by Crippen LogP contribution is -2.01. The van der Waals surface area contributed by atoms with Gasteiger partial charge in [-0.25, -0.2) is 4.98 Å². The lowest BCUT2D eigenvalue weighted by Gasteiger charge is -2.12. The molecule has 0 radical (unpaired) electrons. The van der Waals surface area contributed by atoms with E-state index < -0.39 is 0 Å². The van der Waals surface area contributed by atoms with Gasteiger partial charge in [0.2, 0.25) is 0 Å². The number of hydrogen-bond acceptors (Lipinski definition) is 3. The normalized spacial score (nSPS) is 10.3. The molecule has 3 nitrogen and oxygen atoms in total. The van der Waals surface area contributed by atoms with Crippen molar-refractivity contribution in [1.29, 1.82) is 0 Å². The zero-order valence-corrected chi connectivity index (χ0v) is 11.6. The topological polar surface area (TPSA) is 48.1 Å². The standard InChI is InChI=1S/C18H16N2O/c19-18-17(11-6-12-20-18)21-13-15-9-4-5-10-16(15)14-7-2-1-3-8-14/h1-12H,13H2,(H2,19,20). The Morgan fingerprint density at radius 3 is 2.43 bits per heavy atom. The Kier molecular flexibility index (Phi) is 3.83. The number of hydrogen-bond donors (Lipinski definition) is 1. The minimum atomic E-state index is 0.412. The maximum atomic E-state index is 5.80. The molecule has 0 aliphatic carbocycles. The van der Waals surface area contributed by atoms with Crippen LogP contribution in [0.25, 0.3) is 11.1 Å². The predicted molar refractivity (Wildman–Crippen MR) is 84.9 cm³/mol. The van der Waals surface area contributed by atoms with E-state index in [0.717, 1.165) is 5.56 Å². The third-order valence-corrected chi connectivity index (χ3v) is 3.29. The van der Waals surface area contributed by atoms with Crippen LogP contribution in [-0.4, -0.2) is 4.98 Å². The molecular formula is C18H16N2O. The number of nitrogens with zero attached hydrogens (tertiary/aromatic N) is 1. The first-order valence-electron chi connectivity index (χ1n) is 6.81. The van der Waals surface area contributed by atoms with Crippen molar-refractivity contribution in [3.63, 3.8) is 0 Å². The van der Waals surface area contributed by atoms with Crippen molar-refractivity contribution in [3.05, 3.63) is 78.5 Å². The van der Waals surface area contributed by atoms with E-state index in [0.29, 0.717) is 18.2 Å². The van der Waals surface area contributed by atoms with Gasteiger partial charge in [0.15, 0.2) is 11.6 Å². The largest absolute Gasteiger partial charge is 0.485 e. The highest BCUT2D eigenvalue weighted by Crippen LogP contribution is 2.25. The van der Waals surface area contributed by atoms with Crippen LogP contribution in [0.4, 0.5) is 5.82 Å². The van der Waals surface area contributed by atoms with Gasteiger partial charge in [0.1, 0.15) is 6.61 Å². The summed E-state index contributed by atoms with van der Waals surface area (Å²) >= 11 is 0. The highest BCUT2D eigenvalue weighted by atomic mass is 16.5. The smallest absolute Gasteiger partial charge is 0.166 e. The number of ether oxygens (including phenoxy) is 1. The second-order valence-corrected chi connectivity index (χ2v) is 4.70. The summed E-state index contributed by atoms with van der Waals surface area (Å²) < 4.78 is 5.80. The molecule has 1 heterocycles. The molecule has 0 unspecified atom stereocenters. The minimum absolute atomic E-state index is 0.412. The van der Waals surface area contributed by atoms with Gasteiger partial charge in [-0.2, -0.15) is 0 Å². The second kappa shape index (κ2) is 6.09. The number of aromatic nitrogens is 1. The Balaban J connectivity index is 1.85. The average Bonchev–Trinajstić information content (AvgIpc) is 2.55. The van der Waals surface area contributed by atoms with Crippen molar-refractivity contribution in [3.8, 4) is 16.9 Å². The zero-order chi connectivity index (χ0) is 14.5. The summed E-state index contributed by atoms with van der Waals surface area (Å²) in [5.41, 5.74) is 9.26. The Bertz CT molecular complexity index is 726. The lowest BCUT2D eigenvalue weighted by atomic mass is 10.0. The van der Waals surface area contributed by atoms with Crippen LogP contribution in [0.2, 0.25) is 0 Å². The molecule has 21 heavy (non-hydrogen) atoms. The van der Waals surface area contributed by atoms with Gasteiger partial charge >= 0.3 is 0 Å². The van der Waals surface area contributed by atoms with E-state index in [1.54, 1.807) is 6.20 Å². The van der Waals surface area contributed by atoms with E-state index >= 15 is 0 Å². The van der Waals surface area contributed by atoms with E-state index in [9.17, 15) is 0 Å². The van der Waals surface area contributed by atoms with Crippen LogP contribution < -0.4 is 10.5 Å². The van der Waals surface area contributed by atoms with Crippen molar-refractivity contribution >= 4 is 5.82 Å². The Hall–Kier alpha value is -2.81. The molecular weight excluding hydrogens is 260 g/mol. The summed E-state index contributed by atoms with van der Waals surface area (Å²) in [4.78, 5) is 4.02. The maximum absolute atomic E-state index is 5.80. The number of pyridine rings is 1. The highest BCUT2D eigenvalue weighted by Gasteiger charge is 2.06. The van der Waals surface area contributed by atoms with Gasteiger partial charge in [0.05, 0.1) is 0 Å². The zero-order valence-electron chi connectivity index (χ0n) is 11.6. The van der Waals surface area contributed by atoms with Crippen molar-refractivity contribution in [1.82, 2.24) is 4.98 Å². The summed E-state index contributed by atoms with van der Waals surface area (Å²) in [6.07, 6.45) is 1.65. The SMILES string of the molecule is Nc1ncccc1OCc1ccccc1-c1ccccc1. The molecule has 0 amide bonds. The Morgan fingerprint density at radius 2 is 1.62 bits per heavy atom. The van der Waals surface area contributed by atoms with Gasteiger partial charge in [-0.15, -0.1) is 0 Å². The van der Waals surface area contributed by atoms with Crippen LogP contribution >= 0.6 is 0 Å². The van der Waals surface area contributed by atoms with Crippen molar-refractivity contribution in [2.75, 3.05) is 5.73 Å². The number of rotatable bonds is 4. The van der Waals surface area contributed by atoms with Crippen LogP contribution in [0.15, 0.2) is 72.9 Å². The Morgan fingerprint density at radius 1 is 0.857 bits per heavy atom. The molecule has 2 N–H and O–H groups in total. The molecule has 3 aromatic rings. The predicted octanol–water partition coefficient (Wildman–Crippen LogP) is 3.91. The molecule has 0 saturated carbocycles. The molecule has 0 spiro atoms. The maximum Gasteiger partial charge on any atom is 0.166 e. The van der Waals surface area contributed by atoms with Crippen molar-refractivity contribution in [2.45, 2.75) is 6.61 Å². The quantitative estimate of drug-likeness (QED) is 0.786. The molecule has 1 aromatic heterocycles. The monoisotopic (exact) mass is 276 g/mol. The molecule has 0 fully saturated rings. The van der Waals surface area contributed by atoms with Gasteiger partial charge in [0, 0.05) is 6.20 Å². The van der Waals surface area contributed by atoms with E-state index in [1.807, 2.05) is 42.5 Å². The third-order valence-electron chi connectivity index (χ3n) is 3.29. The number of benzene rings is 2. The molecule has 3 rings (SSSR count). The molecule has 0 aliphatic heterocycles. The molecule has 0 bridgehead atoms. The summed E-state index contributed by atoms with van der Waals surface area (Å²) in [5.74, 6) is 1.02. The number of nitrogens with two attached hydrogens (primary N) is 1. The highest BCUT2D eigenvalue weighted by molar-refractivity contribution is 5.67. The molecule has 104 valence electrons. The fourth-order valence-corrected chi connectivity index (χ4v) is 2.23. The molecule has 0 saturated heterocycles. The van der Waals surface area contributed by atoms with E-state index in [4.69, 9.17) is 10.5 Å². The first-order valence-corrected chi connectivity index (χ1v) is 6.81. The van der Waals surface area contributed by atoms with E-state index in [2.05, 4.69) is 29.2 Å². The van der Waals surface area contributed by atoms with Gasteiger partial charge in [-0.3, -0.25) is 0 Å². The van der Waals surface area contributed by atoms with Gasteiger partial charge in [0.25, 0.3) is 0 Å². The summed E-state index contributed by atoms with van der Waals surface area (Å²) in [6, 6.07) is 22.1. The number of nitrogen functional groups attached to an aromatic ring is 1. The van der Waals surface area contributed by atoms with Crippen molar-refractivity contribution < 1.29 is 4.74 Å². The summed E-state index contributed by atoms with van der Waals surface area (Å²) in [6.45, 7) is 0.459. The van der Waals surface area contributed by atoms with Crippen LogP contribution in [0.1, 0.15) is 5.56 Å². The molecule has 0 atom stereocenters. The van der Waals surface area contributed by atoms with Crippen molar-refractivity contribution in [2.24, 2.45) is 0 Å². The van der Waals surface area contributed by atoms with Gasteiger partial charge in [-0.1, -0.05) is 54.6 Å². The molecule has 3 heteroatoms. The fourth-order valence-electron chi connectivity index (χ4n) is 2.23. The molecule has 0 aliphatic rings. The van der Waals surface area contributed by atoms with E-state index in [-0.39, 0.29) is 0 Å². The first-order chi connectivity index (χ1) is 10.3. The molecule has 2 aromatic carbocycles. The summed E-state index contributed by atoms with van der Waals surface area (Å²) in [7, 11) is 0. The summed E-state index contributed by atoms with van der Waals surface area (Å²) in [5, 5.41) is 0. The van der Waals surface area contributed by atoms with Crippen LogP contribution in [-0.2, 0) is 6.61 Å². The van der Waals surface area contributed by atoms with Crippen LogP contribution in [0.3, 0.4) is 0 Å². The van der Waals surface area contributed by atoms with Gasteiger partial charge < -0.3 is 10.5 Å². The number of anilines is 1. The third kappa shape index (κ3) is 3.03. The Labute approximate surface area is 124 Å². The second-order valence-electron chi connectivity index (χ2n) is 4.70. The average molecular weight is 276 g/mol. The minimum Gasteiger partial charge on any atom is -0.485 e. The van der Waals surface area contributed by atoms with Gasteiger partial charge in [-0.05, 0) is 28.8 Å².